The molecule has 2 aliphatic rings. The molecule has 3 heteroatoms. The first-order chi connectivity index (χ1) is 9.60. The fourth-order valence-electron chi connectivity index (χ4n) is 3.49. The van der Waals surface area contributed by atoms with E-state index in [0.717, 1.165) is 31.1 Å². The Morgan fingerprint density at radius 1 is 1.50 bits per heavy atom. The van der Waals surface area contributed by atoms with Gasteiger partial charge in [-0.05, 0) is 39.0 Å². The number of carbonyl (C=O) groups excluding carboxylic acids is 1. The zero-order valence-corrected chi connectivity index (χ0v) is 12.0. The van der Waals surface area contributed by atoms with Crippen LogP contribution in [0.15, 0.2) is 35.5 Å². The zero-order valence-electron chi connectivity index (χ0n) is 12.0. The first-order valence-electron chi connectivity index (χ1n) is 7.33. The molecule has 2 rings (SSSR count). The van der Waals surface area contributed by atoms with E-state index in [1.165, 1.54) is 12.0 Å². The highest BCUT2D eigenvalue weighted by molar-refractivity contribution is 5.68. The molecular formula is C17H22O3. The summed E-state index contributed by atoms with van der Waals surface area (Å²) in [4.78, 5) is 22.6. The number of aliphatic carboxylic acids is 1. The maximum atomic E-state index is 11.6. The summed E-state index contributed by atoms with van der Waals surface area (Å²) in [7, 11) is 0. The van der Waals surface area contributed by atoms with Crippen molar-refractivity contribution in [1.82, 2.24) is 0 Å². The molecule has 0 saturated carbocycles. The predicted molar refractivity (Wildman–Crippen MR) is 78.3 cm³/mol. The average Bonchev–Trinajstić information content (AvgIpc) is 2.46. The Morgan fingerprint density at radius 3 is 2.90 bits per heavy atom. The molecule has 2 unspecified atom stereocenters. The summed E-state index contributed by atoms with van der Waals surface area (Å²) in [5.74, 6) is -1.03. The standard InChI is InChI=1S/C17H22O3/c1-13-6-5-10-17(15(13)12-18,11-9-16(19)20)14-7-3-2-4-8-14/h5-7,10,12,15H,2-4,8-9,11H2,1H3,(H,19,20). The second kappa shape index (κ2) is 6.21. The summed E-state index contributed by atoms with van der Waals surface area (Å²) in [5, 5.41) is 9.04. The number of hydrogen-bond acceptors (Lipinski definition) is 2. The highest BCUT2D eigenvalue weighted by Gasteiger charge is 2.41. The Kier molecular flexibility index (Phi) is 4.58. The monoisotopic (exact) mass is 274 g/mol. The zero-order chi connectivity index (χ0) is 14.6. The van der Waals surface area contributed by atoms with E-state index in [1.54, 1.807) is 0 Å². The molecule has 0 bridgehead atoms. The lowest BCUT2D eigenvalue weighted by Gasteiger charge is -2.41. The van der Waals surface area contributed by atoms with E-state index in [2.05, 4.69) is 12.2 Å². The Morgan fingerprint density at radius 2 is 2.30 bits per heavy atom. The Bertz CT molecular complexity index is 484. The summed E-state index contributed by atoms with van der Waals surface area (Å²) in [6, 6.07) is 0. The smallest absolute Gasteiger partial charge is 0.303 e. The van der Waals surface area contributed by atoms with Gasteiger partial charge in [0.15, 0.2) is 0 Å². The van der Waals surface area contributed by atoms with Crippen LogP contribution < -0.4 is 0 Å². The van der Waals surface area contributed by atoms with Crippen LogP contribution >= 0.6 is 0 Å². The van der Waals surface area contributed by atoms with Gasteiger partial charge in [-0.3, -0.25) is 4.79 Å². The summed E-state index contributed by atoms with van der Waals surface area (Å²) in [6.07, 6.45) is 14.1. The minimum Gasteiger partial charge on any atom is -0.481 e. The molecule has 0 radical (unpaired) electrons. The van der Waals surface area contributed by atoms with Crippen LogP contribution in [0.1, 0.15) is 45.4 Å². The maximum Gasteiger partial charge on any atom is 0.303 e. The van der Waals surface area contributed by atoms with Crippen molar-refractivity contribution < 1.29 is 14.7 Å². The van der Waals surface area contributed by atoms with E-state index in [1.807, 2.05) is 19.1 Å². The van der Waals surface area contributed by atoms with Gasteiger partial charge >= 0.3 is 5.97 Å². The SMILES string of the molecule is CC1=CC=CC(CCC(=O)O)(C2=CCCCC2)C1C=O. The van der Waals surface area contributed by atoms with Gasteiger partial charge in [-0.15, -0.1) is 0 Å². The molecule has 0 amide bonds. The molecular weight excluding hydrogens is 252 g/mol. The highest BCUT2D eigenvalue weighted by Crippen LogP contribution is 2.49. The summed E-state index contributed by atoms with van der Waals surface area (Å²) < 4.78 is 0. The summed E-state index contributed by atoms with van der Waals surface area (Å²) in [5.41, 5.74) is 1.87. The van der Waals surface area contributed by atoms with Crippen LogP contribution in [0.3, 0.4) is 0 Å². The molecule has 0 aliphatic heterocycles. The second-order valence-corrected chi connectivity index (χ2v) is 5.79. The van der Waals surface area contributed by atoms with Crippen molar-refractivity contribution in [3.63, 3.8) is 0 Å². The van der Waals surface area contributed by atoms with E-state index < -0.39 is 11.4 Å². The molecule has 1 N–H and O–H groups in total. The van der Waals surface area contributed by atoms with E-state index in [9.17, 15) is 9.59 Å². The molecule has 2 aliphatic carbocycles. The average molecular weight is 274 g/mol. The van der Waals surface area contributed by atoms with Crippen LogP contribution in [0.5, 0.6) is 0 Å². The lowest BCUT2D eigenvalue weighted by molar-refractivity contribution is -0.137. The normalized spacial score (nSPS) is 29.6. The molecule has 3 nitrogen and oxygen atoms in total. The minimum atomic E-state index is -0.800. The van der Waals surface area contributed by atoms with Gasteiger partial charge in [0.05, 0.1) is 0 Å². The van der Waals surface area contributed by atoms with Gasteiger partial charge in [-0.1, -0.05) is 35.5 Å². The van der Waals surface area contributed by atoms with E-state index >= 15 is 0 Å². The van der Waals surface area contributed by atoms with Gasteiger partial charge in [0, 0.05) is 17.8 Å². The quantitative estimate of drug-likeness (QED) is 0.614. The number of carbonyl (C=O) groups is 2. The molecule has 2 atom stereocenters. The number of allylic oxidation sites excluding steroid dienone is 6. The van der Waals surface area contributed by atoms with Crippen LogP contribution in [0, 0.1) is 11.3 Å². The minimum absolute atomic E-state index is 0.0965. The van der Waals surface area contributed by atoms with Crippen LogP contribution in [-0.4, -0.2) is 17.4 Å². The fourth-order valence-corrected chi connectivity index (χ4v) is 3.49. The van der Waals surface area contributed by atoms with E-state index in [0.29, 0.717) is 6.42 Å². The number of carboxylic acids is 1. The summed E-state index contributed by atoms with van der Waals surface area (Å²) >= 11 is 0. The predicted octanol–water partition coefficient (Wildman–Crippen LogP) is 3.67. The van der Waals surface area contributed by atoms with Crippen LogP contribution in [0.25, 0.3) is 0 Å². The van der Waals surface area contributed by atoms with Gasteiger partial charge in [0.2, 0.25) is 0 Å². The second-order valence-electron chi connectivity index (χ2n) is 5.79. The summed E-state index contributed by atoms with van der Waals surface area (Å²) in [6.45, 7) is 1.96. The topological polar surface area (TPSA) is 54.4 Å². The molecule has 0 saturated heterocycles. The molecule has 108 valence electrons. The van der Waals surface area contributed by atoms with E-state index in [4.69, 9.17) is 5.11 Å². The lowest BCUT2D eigenvalue weighted by Crippen LogP contribution is -2.35. The third-order valence-electron chi connectivity index (χ3n) is 4.58. The van der Waals surface area contributed by atoms with Crippen LogP contribution in [0.2, 0.25) is 0 Å². The number of carboxylic acid groups (broad SMARTS) is 1. The Hall–Kier alpha value is -1.64. The molecule has 0 aromatic carbocycles. The number of rotatable bonds is 5. The lowest BCUT2D eigenvalue weighted by atomic mass is 9.61. The van der Waals surface area contributed by atoms with Gasteiger partial charge in [-0.25, -0.2) is 0 Å². The molecule has 20 heavy (non-hydrogen) atoms. The largest absolute Gasteiger partial charge is 0.481 e. The van der Waals surface area contributed by atoms with Crippen molar-refractivity contribution in [3.05, 3.63) is 35.5 Å². The van der Waals surface area contributed by atoms with Crippen molar-refractivity contribution in [3.8, 4) is 0 Å². The Balaban J connectivity index is 2.39. The molecule has 0 heterocycles. The first kappa shape index (κ1) is 14.8. The fraction of sp³-hybridized carbons (Fsp3) is 0.529. The van der Waals surface area contributed by atoms with Crippen molar-refractivity contribution in [2.24, 2.45) is 11.3 Å². The van der Waals surface area contributed by atoms with Crippen LogP contribution in [0.4, 0.5) is 0 Å². The van der Waals surface area contributed by atoms with Gasteiger partial charge in [0.25, 0.3) is 0 Å². The third-order valence-corrected chi connectivity index (χ3v) is 4.58. The van der Waals surface area contributed by atoms with Crippen molar-refractivity contribution in [1.29, 1.82) is 0 Å². The maximum absolute atomic E-state index is 11.6. The van der Waals surface area contributed by atoms with Gasteiger partial charge in [0.1, 0.15) is 6.29 Å². The van der Waals surface area contributed by atoms with Gasteiger partial charge in [-0.2, -0.15) is 0 Å². The molecule has 0 aromatic rings. The van der Waals surface area contributed by atoms with Gasteiger partial charge < -0.3 is 9.90 Å². The van der Waals surface area contributed by atoms with Crippen molar-refractivity contribution >= 4 is 12.3 Å². The van der Waals surface area contributed by atoms with Crippen molar-refractivity contribution in [2.75, 3.05) is 0 Å². The Labute approximate surface area is 120 Å². The molecule has 0 spiro atoms. The van der Waals surface area contributed by atoms with E-state index in [-0.39, 0.29) is 12.3 Å². The number of hydrogen-bond donors (Lipinski definition) is 1. The number of aldehydes is 1. The molecule has 0 fully saturated rings. The van der Waals surface area contributed by atoms with Crippen LogP contribution in [-0.2, 0) is 9.59 Å². The van der Waals surface area contributed by atoms with Crippen molar-refractivity contribution in [2.45, 2.75) is 45.4 Å². The molecule has 0 aromatic heterocycles. The third kappa shape index (κ3) is 2.77. The highest BCUT2D eigenvalue weighted by atomic mass is 16.4. The first-order valence-corrected chi connectivity index (χ1v) is 7.33.